The summed E-state index contributed by atoms with van der Waals surface area (Å²) >= 11 is 0. The van der Waals surface area contributed by atoms with Crippen LogP contribution in [0.25, 0.3) is 0 Å². The number of nitrogens with zero attached hydrogens (tertiary/aromatic N) is 2. The van der Waals surface area contributed by atoms with Crippen molar-refractivity contribution in [3.8, 4) is 0 Å². The summed E-state index contributed by atoms with van der Waals surface area (Å²) in [6, 6.07) is 11.4. The molecule has 0 spiro atoms. The smallest absolute Gasteiger partial charge is 0.191 e. The summed E-state index contributed by atoms with van der Waals surface area (Å²) in [5.74, 6) is 3.89. The lowest BCUT2D eigenvalue weighted by molar-refractivity contribution is 0.198. The molecule has 2 N–H and O–H groups in total. The Labute approximate surface area is 181 Å². The van der Waals surface area contributed by atoms with Crippen LogP contribution < -0.4 is 10.6 Å². The van der Waals surface area contributed by atoms with Crippen molar-refractivity contribution in [3.05, 3.63) is 35.9 Å². The number of hydrogen-bond acceptors (Lipinski definition) is 2. The minimum Gasteiger partial charge on any atom is -0.356 e. The van der Waals surface area contributed by atoms with Crippen molar-refractivity contribution in [1.29, 1.82) is 0 Å². The van der Waals surface area contributed by atoms with E-state index in [2.05, 4.69) is 50.9 Å². The predicted octanol–water partition coefficient (Wildman–Crippen LogP) is 3.87. The maximum atomic E-state index is 4.48. The van der Waals surface area contributed by atoms with Crippen LogP contribution in [0.4, 0.5) is 0 Å². The van der Waals surface area contributed by atoms with E-state index in [1.165, 1.54) is 44.1 Å². The SMILES string of the molecule is CN=C(NCC(C1CC1)C1CC1)NC1CCN(Cc2ccccc2)CC1.I. The van der Waals surface area contributed by atoms with Gasteiger partial charge < -0.3 is 10.6 Å². The van der Waals surface area contributed by atoms with Crippen LogP contribution >= 0.6 is 24.0 Å². The first kappa shape index (κ1) is 20.9. The molecule has 2 aliphatic carbocycles. The van der Waals surface area contributed by atoms with Crippen LogP contribution in [0.15, 0.2) is 35.3 Å². The third-order valence-corrected chi connectivity index (χ3v) is 6.36. The van der Waals surface area contributed by atoms with Gasteiger partial charge in [0.2, 0.25) is 0 Å². The van der Waals surface area contributed by atoms with E-state index in [0.29, 0.717) is 6.04 Å². The normalized spacial score (nSPS) is 21.8. The predicted molar refractivity (Wildman–Crippen MR) is 124 cm³/mol. The number of nitrogens with one attached hydrogen (secondary N) is 2. The largest absolute Gasteiger partial charge is 0.356 e. The summed E-state index contributed by atoms with van der Waals surface area (Å²) in [6.45, 7) is 4.51. The lowest BCUT2D eigenvalue weighted by Gasteiger charge is -2.33. The Balaban J connectivity index is 0.00000210. The van der Waals surface area contributed by atoms with Gasteiger partial charge in [-0.25, -0.2) is 0 Å². The maximum Gasteiger partial charge on any atom is 0.191 e. The van der Waals surface area contributed by atoms with Gasteiger partial charge in [-0.15, -0.1) is 24.0 Å². The molecule has 1 saturated heterocycles. The van der Waals surface area contributed by atoms with E-state index < -0.39 is 0 Å². The van der Waals surface area contributed by atoms with Crippen LogP contribution in [0.1, 0.15) is 44.1 Å². The number of likely N-dealkylation sites (tertiary alicyclic amines) is 1. The second-order valence-electron chi connectivity index (χ2n) is 8.47. The third kappa shape index (κ3) is 6.34. The molecule has 4 rings (SSSR count). The monoisotopic (exact) mass is 482 g/mol. The molecule has 0 radical (unpaired) electrons. The van der Waals surface area contributed by atoms with Crippen molar-refractivity contribution in [2.45, 2.75) is 51.1 Å². The highest BCUT2D eigenvalue weighted by molar-refractivity contribution is 14.0. The van der Waals surface area contributed by atoms with Crippen molar-refractivity contribution in [2.75, 3.05) is 26.7 Å². The summed E-state index contributed by atoms with van der Waals surface area (Å²) in [5, 5.41) is 7.31. The van der Waals surface area contributed by atoms with Crippen molar-refractivity contribution in [1.82, 2.24) is 15.5 Å². The fourth-order valence-electron chi connectivity index (χ4n) is 4.45. The molecule has 3 fully saturated rings. The topological polar surface area (TPSA) is 39.7 Å². The minimum atomic E-state index is 0. The molecule has 0 amide bonds. The van der Waals surface area contributed by atoms with E-state index in [9.17, 15) is 0 Å². The number of piperidine rings is 1. The Morgan fingerprint density at radius 3 is 2.22 bits per heavy atom. The zero-order valence-corrected chi connectivity index (χ0v) is 18.9. The number of hydrogen-bond donors (Lipinski definition) is 2. The molecule has 150 valence electrons. The average molecular weight is 482 g/mol. The lowest BCUT2D eigenvalue weighted by Crippen LogP contribution is -2.49. The van der Waals surface area contributed by atoms with Gasteiger partial charge in [0.05, 0.1) is 0 Å². The third-order valence-electron chi connectivity index (χ3n) is 6.36. The van der Waals surface area contributed by atoms with E-state index >= 15 is 0 Å². The summed E-state index contributed by atoms with van der Waals surface area (Å²) in [6.07, 6.45) is 8.21. The van der Waals surface area contributed by atoms with Crippen LogP contribution in [0.2, 0.25) is 0 Å². The number of aliphatic imine (C=N–C) groups is 1. The Kier molecular flexibility index (Phi) is 7.82. The Morgan fingerprint density at radius 1 is 1.04 bits per heavy atom. The molecule has 27 heavy (non-hydrogen) atoms. The van der Waals surface area contributed by atoms with Crippen LogP contribution in [0.5, 0.6) is 0 Å². The van der Waals surface area contributed by atoms with E-state index in [-0.39, 0.29) is 24.0 Å². The molecular weight excluding hydrogens is 447 g/mol. The van der Waals surface area contributed by atoms with Crippen molar-refractivity contribution >= 4 is 29.9 Å². The Morgan fingerprint density at radius 2 is 1.67 bits per heavy atom. The highest BCUT2D eigenvalue weighted by Gasteiger charge is 2.41. The van der Waals surface area contributed by atoms with Gasteiger partial charge in [-0.2, -0.15) is 0 Å². The fraction of sp³-hybridized carbons (Fsp3) is 0.682. The standard InChI is InChI=1S/C22H34N4.HI/c1-23-22(24-15-21(18-7-8-18)19-9-10-19)25-20-11-13-26(14-12-20)16-17-5-3-2-4-6-17;/h2-6,18-21H,7-16H2,1H3,(H2,23,24,25);1H. The molecule has 0 bridgehead atoms. The zero-order valence-electron chi connectivity index (χ0n) is 16.6. The molecule has 4 nitrogen and oxygen atoms in total. The number of guanidine groups is 1. The highest BCUT2D eigenvalue weighted by Crippen LogP contribution is 2.48. The van der Waals surface area contributed by atoms with Crippen molar-refractivity contribution in [3.63, 3.8) is 0 Å². The summed E-state index contributed by atoms with van der Waals surface area (Å²) in [5.41, 5.74) is 1.42. The molecule has 1 aliphatic heterocycles. The van der Waals surface area contributed by atoms with Gasteiger partial charge in [-0.3, -0.25) is 9.89 Å². The van der Waals surface area contributed by atoms with Gasteiger partial charge in [0.25, 0.3) is 0 Å². The second-order valence-corrected chi connectivity index (χ2v) is 8.47. The molecule has 1 aromatic rings. The molecule has 5 heteroatoms. The van der Waals surface area contributed by atoms with E-state index in [1.807, 2.05) is 7.05 Å². The van der Waals surface area contributed by atoms with Crippen LogP contribution in [0.3, 0.4) is 0 Å². The van der Waals surface area contributed by atoms with Crippen molar-refractivity contribution < 1.29 is 0 Å². The molecule has 1 aromatic carbocycles. The number of rotatable bonds is 7. The van der Waals surface area contributed by atoms with Crippen molar-refractivity contribution in [2.24, 2.45) is 22.7 Å². The molecule has 0 unspecified atom stereocenters. The molecule has 2 saturated carbocycles. The van der Waals surface area contributed by atoms with Crippen LogP contribution in [0, 0.1) is 17.8 Å². The molecular formula is C22H35IN4. The number of halogens is 1. The zero-order chi connectivity index (χ0) is 17.8. The molecule has 3 aliphatic rings. The fourth-order valence-corrected chi connectivity index (χ4v) is 4.45. The molecule has 1 heterocycles. The average Bonchev–Trinajstić information content (AvgIpc) is 3.57. The van der Waals surface area contributed by atoms with Gasteiger partial charge in [-0.05, 0) is 61.8 Å². The minimum absolute atomic E-state index is 0. The van der Waals surface area contributed by atoms with Gasteiger partial charge in [-0.1, -0.05) is 30.3 Å². The first-order chi connectivity index (χ1) is 12.8. The number of benzene rings is 1. The second kappa shape index (κ2) is 10.1. The van der Waals surface area contributed by atoms with E-state index in [4.69, 9.17) is 0 Å². The lowest BCUT2D eigenvalue weighted by atomic mass is 9.98. The first-order valence-corrected chi connectivity index (χ1v) is 10.6. The molecule has 0 atom stereocenters. The molecule has 0 aromatic heterocycles. The Hall–Kier alpha value is -0.820. The maximum absolute atomic E-state index is 4.48. The van der Waals surface area contributed by atoms with E-state index in [0.717, 1.165) is 49.9 Å². The van der Waals surface area contributed by atoms with Gasteiger partial charge in [0.1, 0.15) is 0 Å². The highest BCUT2D eigenvalue weighted by atomic mass is 127. The van der Waals surface area contributed by atoms with Gasteiger partial charge >= 0.3 is 0 Å². The first-order valence-electron chi connectivity index (χ1n) is 10.6. The quantitative estimate of drug-likeness (QED) is 0.352. The summed E-state index contributed by atoms with van der Waals surface area (Å²) < 4.78 is 0. The summed E-state index contributed by atoms with van der Waals surface area (Å²) in [7, 11) is 1.91. The van der Waals surface area contributed by atoms with Gasteiger partial charge in [0.15, 0.2) is 5.96 Å². The Bertz CT molecular complexity index is 578. The van der Waals surface area contributed by atoms with Gasteiger partial charge in [0, 0.05) is 39.3 Å². The van der Waals surface area contributed by atoms with Crippen LogP contribution in [-0.2, 0) is 6.54 Å². The van der Waals surface area contributed by atoms with Crippen LogP contribution in [-0.4, -0.2) is 43.6 Å². The van der Waals surface area contributed by atoms with E-state index in [1.54, 1.807) is 0 Å². The summed E-state index contributed by atoms with van der Waals surface area (Å²) in [4.78, 5) is 7.05.